The summed E-state index contributed by atoms with van der Waals surface area (Å²) in [5, 5.41) is 1.21. The van der Waals surface area contributed by atoms with Gasteiger partial charge in [-0.1, -0.05) is 127 Å². The van der Waals surface area contributed by atoms with E-state index in [2.05, 4.69) is 173 Å². The molecule has 8 aromatic rings. The summed E-state index contributed by atoms with van der Waals surface area (Å²) in [7, 11) is 0. The average molecular weight is 588 g/mol. The molecule has 0 saturated carbocycles. The first-order valence-corrected chi connectivity index (χ1v) is 15.6. The summed E-state index contributed by atoms with van der Waals surface area (Å²) in [5.74, 6) is 1.11. The van der Waals surface area contributed by atoms with Crippen molar-refractivity contribution in [2.24, 2.45) is 0 Å². The van der Waals surface area contributed by atoms with Gasteiger partial charge in [0.1, 0.15) is 5.82 Å². The van der Waals surface area contributed by atoms with Gasteiger partial charge in [0.2, 0.25) is 0 Å². The van der Waals surface area contributed by atoms with Crippen LogP contribution in [0.3, 0.4) is 0 Å². The minimum Gasteiger partial charge on any atom is -0.295 e. The van der Waals surface area contributed by atoms with E-state index < -0.39 is 0 Å². The molecule has 0 bridgehead atoms. The highest BCUT2D eigenvalue weighted by Gasteiger charge is 2.27. The van der Waals surface area contributed by atoms with E-state index in [1.807, 2.05) is 12.1 Å². The maximum atomic E-state index is 5.12. The van der Waals surface area contributed by atoms with Crippen LogP contribution in [0.2, 0.25) is 0 Å². The molecule has 216 valence electrons. The number of hydrogen-bond acceptors (Lipinski definition) is 2. The highest BCUT2D eigenvalue weighted by molar-refractivity contribution is 5.99. The number of aromatic nitrogens is 2. The number of benzene rings is 6. The summed E-state index contributed by atoms with van der Waals surface area (Å²) in [5.41, 5.74) is 13.4. The van der Waals surface area contributed by atoms with E-state index in [4.69, 9.17) is 4.98 Å². The fourth-order valence-corrected chi connectivity index (χ4v) is 6.78. The Morgan fingerprint density at radius 3 is 1.67 bits per heavy atom. The molecule has 0 amide bonds. The van der Waals surface area contributed by atoms with E-state index in [1.54, 1.807) is 0 Å². The highest BCUT2D eigenvalue weighted by Crippen LogP contribution is 2.49. The first kappa shape index (κ1) is 26.2. The molecular weight excluding hydrogens is 558 g/mol. The average Bonchev–Trinajstić information content (AvgIpc) is 3.46. The number of rotatable bonds is 4. The van der Waals surface area contributed by atoms with Gasteiger partial charge in [0.05, 0.1) is 28.3 Å². The molecule has 0 N–H and O–H groups in total. The number of hydrogen-bond donors (Lipinski definition) is 0. The van der Waals surface area contributed by atoms with E-state index in [0.29, 0.717) is 0 Å². The number of pyridine rings is 1. The molecule has 1 aliphatic heterocycles. The van der Waals surface area contributed by atoms with Crippen molar-refractivity contribution >= 4 is 28.1 Å². The number of nitrogens with zero attached hydrogens (tertiary/aromatic N) is 3. The summed E-state index contributed by atoms with van der Waals surface area (Å²) in [4.78, 5) is 7.53. The van der Waals surface area contributed by atoms with Gasteiger partial charge < -0.3 is 0 Å². The van der Waals surface area contributed by atoms with Crippen LogP contribution in [0, 0.1) is 0 Å². The Labute approximate surface area is 268 Å². The Morgan fingerprint density at radius 1 is 0.391 bits per heavy atom. The molecule has 0 atom stereocenters. The zero-order chi connectivity index (χ0) is 30.5. The molecule has 3 heterocycles. The molecule has 0 fully saturated rings. The molecule has 6 aromatic carbocycles. The van der Waals surface area contributed by atoms with Crippen molar-refractivity contribution in [1.82, 2.24) is 9.55 Å². The Morgan fingerprint density at radius 2 is 0.957 bits per heavy atom. The van der Waals surface area contributed by atoms with Gasteiger partial charge in [-0.3, -0.25) is 9.47 Å². The zero-order valence-electron chi connectivity index (χ0n) is 25.1. The van der Waals surface area contributed by atoms with Gasteiger partial charge in [-0.25, -0.2) is 4.98 Å². The molecule has 3 heteroatoms. The molecule has 1 aliphatic rings. The lowest BCUT2D eigenvalue weighted by atomic mass is 9.98. The lowest BCUT2D eigenvalue weighted by Gasteiger charge is -2.26. The third kappa shape index (κ3) is 4.33. The second-order valence-electron chi connectivity index (χ2n) is 11.7. The summed E-state index contributed by atoms with van der Waals surface area (Å²) < 4.78 is 2.41. The molecule has 0 spiro atoms. The van der Waals surface area contributed by atoms with Crippen molar-refractivity contribution < 1.29 is 0 Å². The third-order valence-corrected chi connectivity index (χ3v) is 8.90. The van der Waals surface area contributed by atoms with E-state index >= 15 is 0 Å². The van der Waals surface area contributed by atoms with Crippen molar-refractivity contribution in [2.45, 2.75) is 0 Å². The number of anilines is 3. The van der Waals surface area contributed by atoms with E-state index in [-0.39, 0.29) is 0 Å². The van der Waals surface area contributed by atoms with Gasteiger partial charge in [-0.15, -0.1) is 0 Å². The van der Waals surface area contributed by atoms with Crippen LogP contribution < -0.4 is 4.90 Å². The van der Waals surface area contributed by atoms with Crippen LogP contribution in [-0.2, 0) is 0 Å². The van der Waals surface area contributed by atoms with Gasteiger partial charge in [0, 0.05) is 33.3 Å². The van der Waals surface area contributed by atoms with Crippen LogP contribution >= 0.6 is 0 Å². The van der Waals surface area contributed by atoms with Crippen molar-refractivity contribution in [3.8, 4) is 50.5 Å². The minimum atomic E-state index is 0.957. The first-order chi connectivity index (χ1) is 22.8. The quantitative estimate of drug-likeness (QED) is 0.204. The lowest BCUT2D eigenvalue weighted by molar-refractivity contribution is 1.09. The highest BCUT2D eigenvalue weighted by atomic mass is 15.3. The largest absolute Gasteiger partial charge is 0.295 e. The molecule has 2 aromatic heterocycles. The molecule has 0 unspecified atom stereocenters. The van der Waals surface area contributed by atoms with Crippen LogP contribution in [-0.4, -0.2) is 9.55 Å². The second kappa shape index (κ2) is 10.8. The van der Waals surface area contributed by atoms with Gasteiger partial charge in [-0.2, -0.15) is 0 Å². The maximum absolute atomic E-state index is 5.12. The molecule has 0 aliphatic carbocycles. The van der Waals surface area contributed by atoms with Gasteiger partial charge in [0.25, 0.3) is 0 Å². The van der Waals surface area contributed by atoms with Gasteiger partial charge >= 0.3 is 0 Å². The second-order valence-corrected chi connectivity index (χ2v) is 11.7. The Hall–Kier alpha value is -6.19. The molecule has 3 nitrogen and oxygen atoms in total. The summed E-state index contributed by atoms with van der Waals surface area (Å²) in [6, 6.07) is 62.7. The summed E-state index contributed by atoms with van der Waals surface area (Å²) in [6.45, 7) is 0. The predicted octanol–water partition coefficient (Wildman–Crippen LogP) is 11.5. The van der Waals surface area contributed by atoms with Crippen LogP contribution in [0.5, 0.6) is 0 Å². The fourth-order valence-electron chi connectivity index (χ4n) is 6.78. The first-order valence-electron chi connectivity index (χ1n) is 15.6. The number of para-hydroxylation sites is 3. The van der Waals surface area contributed by atoms with Crippen molar-refractivity contribution in [1.29, 1.82) is 0 Å². The standard InChI is InChI=1S/C43H29N3/c1-3-14-30(15-4-1)38-27-34(28-39(44-38)31-16-5-2-6-17-31)32-19-13-20-35(26-32)45-41-24-11-8-21-36(41)37-22-9-12-25-42(37)46-40-23-10-7-18-33(40)29-43(45)46/h1-29H. The zero-order valence-corrected chi connectivity index (χ0v) is 25.1. The third-order valence-electron chi connectivity index (χ3n) is 8.90. The van der Waals surface area contributed by atoms with E-state index in [9.17, 15) is 0 Å². The number of fused-ring (bicyclic) bond motifs is 7. The lowest BCUT2D eigenvalue weighted by Crippen LogP contribution is -2.12. The van der Waals surface area contributed by atoms with Crippen LogP contribution in [0.15, 0.2) is 176 Å². The van der Waals surface area contributed by atoms with Crippen LogP contribution in [0.1, 0.15) is 0 Å². The smallest absolute Gasteiger partial charge is 0.123 e. The molecule has 46 heavy (non-hydrogen) atoms. The maximum Gasteiger partial charge on any atom is 0.123 e. The van der Waals surface area contributed by atoms with Crippen molar-refractivity contribution in [2.75, 3.05) is 4.90 Å². The Kier molecular flexibility index (Phi) is 6.14. The van der Waals surface area contributed by atoms with Crippen LogP contribution in [0.25, 0.3) is 61.4 Å². The summed E-state index contributed by atoms with van der Waals surface area (Å²) in [6.07, 6.45) is 0. The molecule has 0 saturated heterocycles. The molecule has 9 rings (SSSR count). The minimum absolute atomic E-state index is 0.957. The predicted molar refractivity (Wildman–Crippen MR) is 191 cm³/mol. The van der Waals surface area contributed by atoms with Gasteiger partial charge in [-0.05, 0) is 59.7 Å². The van der Waals surface area contributed by atoms with E-state index in [1.165, 1.54) is 27.7 Å². The van der Waals surface area contributed by atoms with Crippen LogP contribution in [0.4, 0.5) is 17.2 Å². The Bertz CT molecular complexity index is 2310. The fraction of sp³-hybridized carbons (Fsp3) is 0. The van der Waals surface area contributed by atoms with Gasteiger partial charge in [0.15, 0.2) is 0 Å². The SMILES string of the molecule is c1ccc(-c2cc(-c3cccc(N4c5ccccc5-c5ccccc5-n5c4cc4ccccc45)c3)cc(-c3ccccc3)n2)cc1. The molecular formula is C43H29N3. The van der Waals surface area contributed by atoms with Crippen molar-refractivity contribution in [3.05, 3.63) is 176 Å². The summed E-state index contributed by atoms with van der Waals surface area (Å²) >= 11 is 0. The van der Waals surface area contributed by atoms with E-state index in [0.717, 1.165) is 50.8 Å². The van der Waals surface area contributed by atoms with Crippen molar-refractivity contribution in [3.63, 3.8) is 0 Å². The Balaban J connectivity index is 1.27. The normalized spacial score (nSPS) is 11.9. The monoisotopic (exact) mass is 587 g/mol. The molecule has 0 radical (unpaired) electrons. The topological polar surface area (TPSA) is 21.1 Å².